The van der Waals surface area contributed by atoms with Crippen LogP contribution in [0, 0.1) is 11.8 Å². The Kier molecular flexibility index (Phi) is 32.3. The lowest BCUT2D eigenvalue weighted by molar-refractivity contribution is -0.124. The van der Waals surface area contributed by atoms with E-state index in [9.17, 15) is 9.59 Å². The molecule has 68 heavy (non-hydrogen) atoms. The number of unbranched alkanes of at least 4 members (excludes halogenated alkanes) is 28. The largest absolute Gasteiger partial charge is 0.306 e. The molecule has 0 saturated heterocycles. The smallest absolute Gasteiger partial charge is 0.261 e. The molecule has 0 radical (unpaired) electrons. The van der Waals surface area contributed by atoms with Crippen molar-refractivity contribution >= 4 is 45.9 Å². The van der Waals surface area contributed by atoms with Gasteiger partial charge >= 0.3 is 0 Å². The van der Waals surface area contributed by atoms with Crippen LogP contribution in [0.5, 0.6) is 0 Å². The van der Waals surface area contributed by atoms with Gasteiger partial charge in [0, 0.05) is 13.1 Å². The predicted molar refractivity (Wildman–Crippen MR) is 300 cm³/mol. The minimum atomic E-state index is 0.0387. The number of amides is 2. The molecule has 2 aromatic heterocycles. The lowest BCUT2D eigenvalue weighted by Gasteiger charge is -2.24. The molecule has 0 fully saturated rings. The highest BCUT2D eigenvalue weighted by Gasteiger charge is 2.49. The average molecular weight is 974 g/mol. The third-order valence-electron chi connectivity index (χ3n) is 15.5. The molecule has 0 bridgehead atoms. The van der Waals surface area contributed by atoms with E-state index in [0.717, 1.165) is 58.7 Å². The Morgan fingerprint density at radius 2 is 0.603 bits per heavy atom. The first kappa shape index (κ1) is 58.4. The summed E-state index contributed by atoms with van der Waals surface area (Å²) in [7, 11) is 0. The number of rotatable bonds is 46. The summed E-state index contributed by atoms with van der Waals surface area (Å²) in [6.45, 7) is 10.6. The summed E-state index contributed by atoms with van der Waals surface area (Å²) in [6, 6.07) is 8.37. The first-order chi connectivity index (χ1) is 33.5. The monoisotopic (exact) mass is 973 g/mol. The van der Waals surface area contributed by atoms with E-state index < -0.39 is 0 Å². The topological polar surface area (TPSA) is 40.6 Å². The van der Waals surface area contributed by atoms with Crippen molar-refractivity contribution in [1.82, 2.24) is 9.80 Å². The quantitative estimate of drug-likeness (QED) is 0.0620. The predicted octanol–water partition coefficient (Wildman–Crippen LogP) is 20.5. The van der Waals surface area contributed by atoms with Crippen LogP contribution in [0.25, 0.3) is 11.4 Å². The molecule has 0 N–H and O–H groups in total. The molecule has 0 aromatic carbocycles. The molecule has 386 valence electrons. The molecule has 4 rings (SSSR count). The number of hydrogen-bond acceptors (Lipinski definition) is 4. The third kappa shape index (κ3) is 21.7. The second kappa shape index (κ2) is 37.6. The third-order valence-corrected chi connectivity index (χ3v) is 17.3. The Bertz CT molecular complexity index is 1500. The maximum atomic E-state index is 14.8. The Hall–Kier alpha value is -2.18. The molecule has 2 aliphatic heterocycles. The average Bonchev–Trinajstić information content (AvgIpc) is 4.17. The molecule has 6 heteroatoms. The summed E-state index contributed by atoms with van der Waals surface area (Å²) < 4.78 is 0. The van der Waals surface area contributed by atoms with Crippen LogP contribution in [0.4, 0.5) is 0 Å². The van der Waals surface area contributed by atoms with Gasteiger partial charge in [-0.1, -0.05) is 284 Å². The summed E-state index contributed by atoms with van der Waals surface area (Å²) in [5.41, 5.74) is 3.07. The van der Waals surface area contributed by atoms with E-state index in [1.807, 2.05) is 9.80 Å². The number of fused-ring (bicyclic) bond motifs is 1. The minimum absolute atomic E-state index is 0.0387. The SMILES string of the molecule is CCCCCCCCCCC(CCCCCCCC)CCCCCN1C(=O)C2=C(c3cccs3)N(CCCCCC(CCCCCCCC)CCCCCCCCCC)C(=O)C2=C1c1cccs1. The van der Waals surface area contributed by atoms with E-state index in [2.05, 4.69) is 62.7 Å². The van der Waals surface area contributed by atoms with Gasteiger partial charge in [-0.05, 0) is 47.6 Å². The molecular formula is C62H104N2O2S2. The minimum Gasteiger partial charge on any atom is -0.306 e. The number of nitrogens with zero attached hydrogens (tertiary/aromatic N) is 2. The fraction of sp³-hybridized carbons (Fsp3) is 0.774. The van der Waals surface area contributed by atoms with Gasteiger partial charge in [0.1, 0.15) is 0 Å². The first-order valence-corrected chi connectivity index (χ1v) is 31.5. The zero-order valence-electron chi connectivity index (χ0n) is 44.8. The first-order valence-electron chi connectivity index (χ1n) is 29.8. The molecule has 4 heterocycles. The van der Waals surface area contributed by atoms with Crippen LogP contribution in [-0.4, -0.2) is 34.7 Å². The maximum Gasteiger partial charge on any atom is 0.261 e. The molecule has 0 saturated carbocycles. The van der Waals surface area contributed by atoms with Gasteiger partial charge in [-0.25, -0.2) is 0 Å². The van der Waals surface area contributed by atoms with E-state index in [1.54, 1.807) is 22.7 Å². The number of carbonyl (C=O) groups excluding carboxylic acids is 2. The van der Waals surface area contributed by atoms with Crippen LogP contribution in [0.2, 0.25) is 0 Å². The number of hydrogen-bond donors (Lipinski definition) is 0. The van der Waals surface area contributed by atoms with Gasteiger partial charge in [0.25, 0.3) is 11.8 Å². The van der Waals surface area contributed by atoms with Crippen molar-refractivity contribution in [1.29, 1.82) is 0 Å². The summed E-state index contributed by atoms with van der Waals surface area (Å²) in [5, 5.41) is 4.19. The van der Waals surface area contributed by atoms with Gasteiger partial charge in [0.2, 0.25) is 0 Å². The van der Waals surface area contributed by atoms with Crippen molar-refractivity contribution in [2.45, 2.75) is 285 Å². The standard InChI is InChI=1S/C62H104N2O2S2/c1-5-9-13-17-21-23-27-33-43-53(41-31-25-19-15-11-7-3)45-35-29-37-49-63-59(55-47-39-51-67-55)57-58(61(63)65)60(56-48-40-52-68-56)64(62(57)66)50-38-30-36-46-54(42-32-26-20-16-12-8-4)44-34-28-24-22-18-14-10-6-2/h39-40,47-48,51-54H,5-38,41-46,49-50H2,1-4H3. The van der Waals surface area contributed by atoms with Crippen molar-refractivity contribution in [2.75, 3.05) is 13.1 Å². The van der Waals surface area contributed by atoms with E-state index in [0.29, 0.717) is 24.2 Å². The summed E-state index contributed by atoms with van der Waals surface area (Å²) in [5.74, 6) is 1.76. The van der Waals surface area contributed by atoms with Gasteiger partial charge in [0.15, 0.2) is 0 Å². The van der Waals surface area contributed by atoms with Gasteiger partial charge < -0.3 is 9.80 Å². The van der Waals surface area contributed by atoms with Crippen molar-refractivity contribution in [3.63, 3.8) is 0 Å². The molecule has 0 spiro atoms. The molecule has 2 unspecified atom stereocenters. The Labute approximate surface area is 428 Å². The highest BCUT2D eigenvalue weighted by Crippen LogP contribution is 2.48. The molecule has 4 nitrogen and oxygen atoms in total. The molecule has 2 aromatic rings. The Balaban J connectivity index is 1.33. The van der Waals surface area contributed by atoms with Crippen molar-refractivity contribution in [2.24, 2.45) is 11.8 Å². The zero-order valence-corrected chi connectivity index (χ0v) is 46.5. The highest BCUT2D eigenvalue weighted by molar-refractivity contribution is 7.11. The summed E-state index contributed by atoms with van der Waals surface area (Å²) >= 11 is 3.32. The number of carbonyl (C=O) groups is 2. The van der Waals surface area contributed by atoms with Gasteiger partial charge in [-0.3, -0.25) is 9.59 Å². The lowest BCUT2D eigenvalue weighted by Crippen LogP contribution is -2.30. The van der Waals surface area contributed by atoms with Crippen LogP contribution < -0.4 is 0 Å². The highest BCUT2D eigenvalue weighted by atomic mass is 32.1. The lowest BCUT2D eigenvalue weighted by atomic mass is 9.89. The van der Waals surface area contributed by atoms with Crippen LogP contribution in [0.1, 0.15) is 294 Å². The molecule has 2 amide bonds. The molecule has 2 aliphatic rings. The van der Waals surface area contributed by atoms with Crippen LogP contribution in [0.15, 0.2) is 46.2 Å². The Morgan fingerprint density at radius 3 is 0.853 bits per heavy atom. The van der Waals surface area contributed by atoms with Crippen molar-refractivity contribution in [3.8, 4) is 0 Å². The van der Waals surface area contributed by atoms with Crippen molar-refractivity contribution < 1.29 is 9.59 Å². The van der Waals surface area contributed by atoms with E-state index >= 15 is 0 Å². The second-order valence-corrected chi connectivity index (χ2v) is 23.3. The second-order valence-electron chi connectivity index (χ2n) is 21.4. The van der Waals surface area contributed by atoms with Crippen LogP contribution >= 0.6 is 22.7 Å². The van der Waals surface area contributed by atoms with Gasteiger partial charge in [-0.2, -0.15) is 0 Å². The number of thiophene rings is 2. The Morgan fingerprint density at radius 1 is 0.353 bits per heavy atom. The van der Waals surface area contributed by atoms with Gasteiger partial charge in [0.05, 0.1) is 32.3 Å². The van der Waals surface area contributed by atoms with E-state index in [4.69, 9.17) is 0 Å². The van der Waals surface area contributed by atoms with Crippen molar-refractivity contribution in [3.05, 3.63) is 55.9 Å². The van der Waals surface area contributed by atoms with Crippen LogP contribution in [-0.2, 0) is 9.59 Å². The fourth-order valence-corrected chi connectivity index (χ4v) is 12.9. The van der Waals surface area contributed by atoms with Gasteiger partial charge in [-0.15, -0.1) is 22.7 Å². The van der Waals surface area contributed by atoms with E-state index in [-0.39, 0.29) is 11.8 Å². The molecule has 2 atom stereocenters. The van der Waals surface area contributed by atoms with E-state index in [1.165, 1.54) is 231 Å². The summed E-state index contributed by atoms with van der Waals surface area (Å²) in [6.07, 6.45) is 53.7. The summed E-state index contributed by atoms with van der Waals surface area (Å²) in [4.78, 5) is 35.6. The van der Waals surface area contributed by atoms with Crippen LogP contribution in [0.3, 0.4) is 0 Å². The maximum absolute atomic E-state index is 14.8. The molecular weight excluding hydrogens is 869 g/mol. The normalized spacial score (nSPS) is 14.9. The molecule has 0 aliphatic carbocycles. The zero-order chi connectivity index (χ0) is 48.3. The fourth-order valence-electron chi connectivity index (χ4n) is 11.3.